The Balaban J connectivity index is 2.09. The second-order valence-electron chi connectivity index (χ2n) is 7.08. The topological polar surface area (TPSA) is 68.3 Å². The fraction of sp³-hybridized carbons (Fsp3) is 0.333. The highest BCUT2D eigenvalue weighted by Crippen LogP contribution is 2.35. The monoisotopic (exact) mass is 458 g/mol. The largest absolute Gasteiger partial charge is 0.494 e. The number of hydrogen-bond donors (Lipinski definition) is 0. The van der Waals surface area contributed by atoms with Gasteiger partial charge in [-0.15, -0.1) is 0 Å². The van der Waals surface area contributed by atoms with Gasteiger partial charge in [0.2, 0.25) is 0 Å². The molecule has 0 saturated carbocycles. The quantitative estimate of drug-likeness (QED) is 0.479. The number of ether oxygens (including phenoxy) is 3. The smallest absolute Gasteiger partial charge is 0.282 e. The molecule has 0 saturated heterocycles. The van der Waals surface area contributed by atoms with Crippen LogP contribution < -0.4 is 9.64 Å². The summed E-state index contributed by atoms with van der Waals surface area (Å²) in [5.74, 6) is -0.0925. The standard InChI is InChI=1S/C24H27ClN2O5/c1-4-32-20-11-5-17(6-12-20)21-22(26(13-15-30-2)14-16-31-3)24(29)27(23(21)28)19-9-7-18(25)8-10-19/h5-12H,4,13-16H2,1-3H3. The Morgan fingerprint density at radius 3 is 2.00 bits per heavy atom. The molecular formula is C24H27ClN2O5. The van der Waals surface area contributed by atoms with Crippen molar-refractivity contribution >= 4 is 34.7 Å². The lowest BCUT2D eigenvalue weighted by Gasteiger charge is -2.25. The van der Waals surface area contributed by atoms with Crippen molar-refractivity contribution < 1.29 is 23.8 Å². The first-order valence-corrected chi connectivity index (χ1v) is 10.7. The molecule has 1 aliphatic rings. The number of halogens is 1. The third-order valence-electron chi connectivity index (χ3n) is 5.05. The Labute approximate surface area is 193 Å². The average molecular weight is 459 g/mol. The minimum absolute atomic E-state index is 0.322. The summed E-state index contributed by atoms with van der Waals surface area (Å²) in [5, 5.41) is 0.523. The first-order valence-electron chi connectivity index (χ1n) is 10.4. The van der Waals surface area contributed by atoms with Crippen molar-refractivity contribution in [1.29, 1.82) is 0 Å². The van der Waals surface area contributed by atoms with E-state index in [1.54, 1.807) is 62.8 Å². The Morgan fingerprint density at radius 1 is 0.875 bits per heavy atom. The molecule has 8 heteroatoms. The van der Waals surface area contributed by atoms with Crippen molar-refractivity contribution in [1.82, 2.24) is 4.90 Å². The van der Waals surface area contributed by atoms with Gasteiger partial charge in [0, 0.05) is 32.3 Å². The number of hydrogen-bond acceptors (Lipinski definition) is 6. The highest BCUT2D eigenvalue weighted by atomic mass is 35.5. The summed E-state index contributed by atoms with van der Waals surface area (Å²) < 4.78 is 16.0. The maximum atomic E-state index is 13.6. The summed E-state index contributed by atoms with van der Waals surface area (Å²) in [4.78, 5) is 30.2. The Hall–Kier alpha value is -2.87. The third-order valence-corrected chi connectivity index (χ3v) is 5.30. The van der Waals surface area contributed by atoms with Crippen molar-refractivity contribution in [2.45, 2.75) is 6.92 Å². The van der Waals surface area contributed by atoms with E-state index in [1.807, 2.05) is 11.8 Å². The molecule has 2 amide bonds. The molecule has 0 unspecified atom stereocenters. The molecule has 0 bridgehead atoms. The molecule has 0 fully saturated rings. The van der Waals surface area contributed by atoms with Gasteiger partial charge in [-0.1, -0.05) is 23.7 Å². The van der Waals surface area contributed by atoms with Gasteiger partial charge in [0.1, 0.15) is 11.4 Å². The molecule has 170 valence electrons. The molecule has 0 aromatic heterocycles. The van der Waals surface area contributed by atoms with Crippen LogP contribution in [-0.4, -0.2) is 63.8 Å². The number of anilines is 1. The van der Waals surface area contributed by atoms with E-state index in [1.165, 1.54) is 4.90 Å². The Bertz CT molecular complexity index is 965. The van der Waals surface area contributed by atoms with E-state index in [4.69, 9.17) is 25.8 Å². The predicted molar refractivity (Wildman–Crippen MR) is 124 cm³/mol. The van der Waals surface area contributed by atoms with Crippen molar-refractivity contribution in [3.8, 4) is 5.75 Å². The van der Waals surface area contributed by atoms with Crippen LogP contribution in [0.3, 0.4) is 0 Å². The van der Waals surface area contributed by atoms with Gasteiger partial charge in [-0.3, -0.25) is 9.59 Å². The number of benzene rings is 2. The molecule has 0 radical (unpaired) electrons. The number of rotatable bonds is 11. The second-order valence-corrected chi connectivity index (χ2v) is 7.51. The van der Waals surface area contributed by atoms with Crippen molar-refractivity contribution in [3.63, 3.8) is 0 Å². The molecule has 7 nitrogen and oxygen atoms in total. The van der Waals surface area contributed by atoms with Crippen LogP contribution in [0.2, 0.25) is 5.02 Å². The highest BCUT2D eigenvalue weighted by molar-refractivity contribution is 6.45. The molecule has 2 aromatic carbocycles. The summed E-state index contributed by atoms with van der Waals surface area (Å²) in [6.07, 6.45) is 0. The zero-order chi connectivity index (χ0) is 23.1. The normalized spacial score (nSPS) is 13.8. The zero-order valence-corrected chi connectivity index (χ0v) is 19.2. The van der Waals surface area contributed by atoms with E-state index in [-0.39, 0.29) is 0 Å². The molecule has 0 N–H and O–H groups in total. The molecular weight excluding hydrogens is 432 g/mol. The minimum Gasteiger partial charge on any atom is -0.494 e. The first kappa shape index (κ1) is 23.8. The molecule has 32 heavy (non-hydrogen) atoms. The van der Waals surface area contributed by atoms with Gasteiger partial charge in [-0.05, 0) is 48.9 Å². The SMILES string of the molecule is CCOc1ccc(C2=C(N(CCOC)CCOC)C(=O)N(c3ccc(Cl)cc3)C2=O)cc1. The lowest BCUT2D eigenvalue weighted by Crippen LogP contribution is -2.37. The maximum Gasteiger partial charge on any atom is 0.282 e. The fourth-order valence-corrected chi connectivity index (χ4v) is 3.65. The first-order chi connectivity index (χ1) is 15.5. The molecule has 1 aliphatic heterocycles. The molecule has 3 rings (SSSR count). The Kier molecular flexibility index (Phi) is 8.27. The predicted octanol–water partition coefficient (Wildman–Crippen LogP) is 3.62. The molecule has 0 aliphatic carbocycles. The number of carbonyl (C=O) groups excluding carboxylic acids is 2. The number of amides is 2. The number of carbonyl (C=O) groups is 2. The van der Waals surface area contributed by atoms with E-state index in [0.29, 0.717) is 66.2 Å². The number of nitrogens with zero attached hydrogens (tertiary/aromatic N) is 2. The van der Waals surface area contributed by atoms with Crippen LogP contribution in [0.15, 0.2) is 54.2 Å². The van der Waals surface area contributed by atoms with Gasteiger partial charge in [-0.25, -0.2) is 4.90 Å². The number of methoxy groups -OCH3 is 2. The summed E-state index contributed by atoms with van der Waals surface area (Å²) >= 11 is 6.00. The Morgan fingerprint density at radius 2 is 1.47 bits per heavy atom. The van der Waals surface area contributed by atoms with Gasteiger partial charge in [-0.2, -0.15) is 0 Å². The van der Waals surface area contributed by atoms with Crippen molar-refractivity contribution in [3.05, 3.63) is 64.8 Å². The lowest BCUT2D eigenvalue weighted by molar-refractivity contribution is -0.120. The van der Waals surface area contributed by atoms with Gasteiger partial charge >= 0.3 is 0 Å². The van der Waals surface area contributed by atoms with Crippen LogP contribution >= 0.6 is 11.6 Å². The van der Waals surface area contributed by atoms with E-state index in [2.05, 4.69) is 0 Å². The lowest BCUT2D eigenvalue weighted by atomic mass is 10.0. The highest BCUT2D eigenvalue weighted by Gasteiger charge is 2.42. The van der Waals surface area contributed by atoms with Crippen LogP contribution in [0.5, 0.6) is 5.75 Å². The van der Waals surface area contributed by atoms with Gasteiger partial charge in [0.05, 0.1) is 31.1 Å². The van der Waals surface area contributed by atoms with Crippen molar-refractivity contribution in [2.75, 3.05) is 52.0 Å². The summed E-state index contributed by atoms with van der Waals surface area (Å²) in [5.41, 5.74) is 1.75. The van der Waals surface area contributed by atoms with Gasteiger partial charge in [0.15, 0.2) is 0 Å². The molecule has 0 spiro atoms. The molecule has 2 aromatic rings. The maximum absolute atomic E-state index is 13.6. The summed E-state index contributed by atoms with van der Waals surface area (Å²) in [6, 6.07) is 13.8. The average Bonchev–Trinajstić information content (AvgIpc) is 3.05. The van der Waals surface area contributed by atoms with Crippen LogP contribution in [0.1, 0.15) is 12.5 Å². The van der Waals surface area contributed by atoms with Gasteiger partial charge < -0.3 is 19.1 Å². The van der Waals surface area contributed by atoms with Gasteiger partial charge in [0.25, 0.3) is 11.8 Å². The van der Waals surface area contributed by atoms with Crippen LogP contribution in [0.4, 0.5) is 5.69 Å². The van der Waals surface area contributed by atoms with Crippen LogP contribution in [0, 0.1) is 0 Å². The fourth-order valence-electron chi connectivity index (χ4n) is 3.52. The van der Waals surface area contributed by atoms with E-state index < -0.39 is 11.8 Å². The van der Waals surface area contributed by atoms with Crippen molar-refractivity contribution in [2.24, 2.45) is 0 Å². The van der Waals surface area contributed by atoms with Crippen LogP contribution in [-0.2, 0) is 19.1 Å². The van der Waals surface area contributed by atoms with Crippen LogP contribution in [0.25, 0.3) is 5.57 Å². The number of imide groups is 1. The molecule has 1 heterocycles. The van der Waals surface area contributed by atoms with E-state index in [0.717, 1.165) is 0 Å². The summed E-state index contributed by atoms with van der Waals surface area (Å²) in [6.45, 7) is 4.10. The summed E-state index contributed by atoms with van der Waals surface area (Å²) in [7, 11) is 3.19. The third kappa shape index (κ3) is 5.12. The minimum atomic E-state index is -0.395. The second kappa shape index (κ2) is 11.1. The van der Waals surface area contributed by atoms with E-state index >= 15 is 0 Å². The van der Waals surface area contributed by atoms with E-state index in [9.17, 15) is 9.59 Å². The molecule has 0 atom stereocenters. The zero-order valence-electron chi connectivity index (χ0n) is 18.5.